The van der Waals surface area contributed by atoms with Crippen molar-refractivity contribution in [3.8, 4) is 5.75 Å². The molecule has 0 aliphatic heterocycles. The maximum absolute atomic E-state index is 12.1. The van der Waals surface area contributed by atoms with Crippen LogP contribution in [-0.4, -0.2) is 5.97 Å². The van der Waals surface area contributed by atoms with Gasteiger partial charge in [-0.05, 0) is 65.2 Å². The molecule has 2 nitrogen and oxygen atoms in total. The molecular weight excluding hydrogens is 372 g/mol. The minimum atomic E-state index is -0.370. The summed E-state index contributed by atoms with van der Waals surface area (Å²) in [5.74, 6) is 0.151. The van der Waals surface area contributed by atoms with Gasteiger partial charge >= 0.3 is 5.97 Å². The number of halogens is 2. The van der Waals surface area contributed by atoms with Crippen LogP contribution in [0.15, 0.2) is 45.3 Å². The fourth-order valence-corrected chi connectivity index (χ4v) is 2.52. The zero-order chi connectivity index (χ0) is 14.0. The summed E-state index contributed by atoms with van der Waals surface area (Å²) in [6.07, 6.45) is 0. The maximum Gasteiger partial charge on any atom is 0.343 e. The molecule has 0 saturated heterocycles. The van der Waals surface area contributed by atoms with Crippen molar-refractivity contribution in [1.29, 1.82) is 0 Å². The predicted molar refractivity (Wildman–Crippen MR) is 82.7 cm³/mol. The Hall–Kier alpha value is -1.13. The maximum atomic E-state index is 12.1. The summed E-state index contributed by atoms with van der Waals surface area (Å²) in [4.78, 5) is 12.1. The Bertz CT molecular complexity index is 636. The van der Waals surface area contributed by atoms with Gasteiger partial charge in [0, 0.05) is 4.47 Å². The summed E-state index contributed by atoms with van der Waals surface area (Å²) in [5.41, 5.74) is 2.70. The first kappa shape index (κ1) is 14.3. The molecular formula is C15H12Br2O2. The van der Waals surface area contributed by atoms with Gasteiger partial charge in [-0.3, -0.25) is 0 Å². The molecule has 0 aliphatic carbocycles. The molecule has 19 heavy (non-hydrogen) atoms. The minimum absolute atomic E-state index is 0.370. The first-order chi connectivity index (χ1) is 8.97. The third-order valence-corrected chi connectivity index (χ3v) is 4.17. The highest BCUT2D eigenvalue weighted by Gasteiger charge is 2.11. The number of hydrogen-bond acceptors (Lipinski definition) is 2. The number of aryl methyl sites for hydroxylation is 2. The Balaban J connectivity index is 2.23. The number of carbonyl (C=O) groups excluding carboxylic acids is 1. The Morgan fingerprint density at radius 1 is 1.00 bits per heavy atom. The first-order valence-electron chi connectivity index (χ1n) is 5.72. The van der Waals surface area contributed by atoms with Crippen molar-refractivity contribution in [2.45, 2.75) is 13.8 Å². The molecule has 98 valence electrons. The molecule has 2 aromatic carbocycles. The van der Waals surface area contributed by atoms with E-state index in [2.05, 4.69) is 31.9 Å². The molecule has 0 bridgehead atoms. The third-order valence-electron chi connectivity index (χ3n) is 2.70. The zero-order valence-corrected chi connectivity index (χ0v) is 13.7. The van der Waals surface area contributed by atoms with Gasteiger partial charge in [-0.1, -0.05) is 28.1 Å². The van der Waals surface area contributed by atoms with E-state index in [1.165, 1.54) is 0 Å². The van der Waals surface area contributed by atoms with Crippen molar-refractivity contribution in [3.63, 3.8) is 0 Å². The van der Waals surface area contributed by atoms with E-state index in [9.17, 15) is 4.79 Å². The van der Waals surface area contributed by atoms with E-state index in [0.29, 0.717) is 11.3 Å². The van der Waals surface area contributed by atoms with E-state index in [1.54, 1.807) is 18.2 Å². The van der Waals surface area contributed by atoms with Crippen LogP contribution in [0.1, 0.15) is 21.5 Å². The second kappa shape index (κ2) is 5.88. The number of esters is 1. The highest BCUT2D eigenvalue weighted by molar-refractivity contribution is 9.10. The summed E-state index contributed by atoms with van der Waals surface area (Å²) < 4.78 is 7.04. The molecule has 4 heteroatoms. The first-order valence-corrected chi connectivity index (χ1v) is 7.30. The largest absolute Gasteiger partial charge is 0.422 e. The molecule has 0 atom stereocenters. The van der Waals surface area contributed by atoms with E-state index in [1.807, 2.05) is 32.0 Å². The molecule has 0 aromatic heterocycles. The minimum Gasteiger partial charge on any atom is -0.422 e. The molecule has 0 aliphatic rings. The molecule has 0 radical (unpaired) electrons. The highest BCUT2D eigenvalue weighted by atomic mass is 79.9. The van der Waals surface area contributed by atoms with Crippen LogP contribution in [0.2, 0.25) is 0 Å². The van der Waals surface area contributed by atoms with Crippen molar-refractivity contribution in [2.24, 2.45) is 0 Å². The second-order valence-electron chi connectivity index (χ2n) is 4.29. The van der Waals surface area contributed by atoms with E-state index in [-0.39, 0.29) is 5.97 Å². The smallest absolute Gasteiger partial charge is 0.343 e. The lowest BCUT2D eigenvalue weighted by Crippen LogP contribution is -2.09. The Morgan fingerprint density at radius 2 is 1.74 bits per heavy atom. The van der Waals surface area contributed by atoms with Crippen LogP contribution in [0.3, 0.4) is 0 Å². The third kappa shape index (κ3) is 3.45. The van der Waals surface area contributed by atoms with Crippen LogP contribution in [-0.2, 0) is 0 Å². The average molecular weight is 384 g/mol. The number of hydrogen-bond donors (Lipinski definition) is 0. The Labute approximate surface area is 129 Å². The second-order valence-corrected chi connectivity index (χ2v) is 6.00. The van der Waals surface area contributed by atoms with Gasteiger partial charge in [0.25, 0.3) is 0 Å². The lowest BCUT2D eigenvalue weighted by Gasteiger charge is -2.08. The monoisotopic (exact) mass is 382 g/mol. The fraction of sp³-hybridized carbons (Fsp3) is 0.133. The summed E-state index contributed by atoms with van der Waals surface area (Å²) in [6, 6.07) is 11.0. The van der Waals surface area contributed by atoms with E-state index < -0.39 is 0 Å². The molecule has 2 rings (SSSR count). The number of benzene rings is 2. The standard InChI is InChI=1S/C15H12Br2O2/c1-9-3-6-14(13(17)7-9)19-15(18)11-5-4-10(2)12(16)8-11/h3-8H,1-2H3. The molecule has 0 saturated carbocycles. The van der Waals surface area contributed by atoms with Gasteiger partial charge in [0.05, 0.1) is 10.0 Å². The molecule has 2 aromatic rings. The van der Waals surface area contributed by atoms with E-state index in [0.717, 1.165) is 20.1 Å². The van der Waals surface area contributed by atoms with Crippen LogP contribution in [0.5, 0.6) is 5.75 Å². The Kier molecular flexibility index (Phi) is 4.42. The van der Waals surface area contributed by atoms with Gasteiger partial charge in [-0.15, -0.1) is 0 Å². The molecule has 0 N–H and O–H groups in total. The normalized spacial score (nSPS) is 10.3. The van der Waals surface area contributed by atoms with Crippen molar-refractivity contribution >= 4 is 37.8 Å². The van der Waals surface area contributed by atoms with E-state index >= 15 is 0 Å². The quantitative estimate of drug-likeness (QED) is 0.535. The number of rotatable bonds is 2. The van der Waals surface area contributed by atoms with Gasteiger partial charge in [-0.2, -0.15) is 0 Å². The molecule has 0 heterocycles. The summed E-state index contributed by atoms with van der Waals surface area (Å²) in [5, 5.41) is 0. The summed E-state index contributed by atoms with van der Waals surface area (Å²) in [6.45, 7) is 3.95. The van der Waals surface area contributed by atoms with Crippen molar-refractivity contribution in [2.75, 3.05) is 0 Å². The summed E-state index contributed by atoms with van der Waals surface area (Å²) >= 11 is 6.79. The molecule has 0 fully saturated rings. The summed E-state index contributed by atoms with van der Waals surface area (Å²) in [7, 11) is 0. The lowest BCUT2D eigenvalue weighted by molar-refractivity contribution is 0.0733. The van der Waals surface area contributed by atoms with Crippen LogP contribution < -0.4 is 4.74 Å². The zero-order valence-electron chi connectivity index (χ0n) is 10.5. The fourth-order valence-electron chi connectivity index (χ4n) is 1.57. The average Bonchev–Trinajstić information content (AvgIpc) is 2.36. The predicted octanol–water partition coefficient (Wildman–Crippen LogP) is 5.05. The van der Waals surface area contributed by atoms with Gasteiger partial charge in [0.15, 0.2) is 0 Å². The van der Waals surface area contributed by atoms with Crippen molar-refractivity contribution in [1.82, 2.24) is 0 Å². The Morgan fingerprint density at radius 3 is 2.37 bits per heavy atom. The molecule has 0 spiro atoms. The lowest BCUT2D eigenvalue weighted by atomic mass is 10.1. The van der Waals surface area contributed by atoms with Crippen molar-refractivity contribution < 1.29 is 9.53 Å². The SMILES string of the molecule is Cc1ccc(OC(=O)c2ccc(C)c(Br)c2)c(Br)c1. The highest BCUT2D eigenvalue weighted by Crippen LogP contribution is 2.27. The van der Waals surface area contributed by atoms with Gasteiger partial charge < -0.3 is 4.74 Å². The van der Waals surface area contributed by atoms with Crippen LogP contribution in [0, 0.1) is 13.8 Å². The number of carbonyl (C=O) groups is 1. The van der Waals surface area contributed by atoms with Crippen LogP contribution in [0.25, 0.3) is 0 Å². The molecule has 0 unspecified atom stereocenters. The van der Waals surface area contributed by atoms with Crippen LogP contribution in [0.4, 0.5) is 0 Å². The van der Waals surface area contributed by atoms with Crippen molar-refractivity contribution in [3.05, 3.63) is 62.0 Å². The van der Waals surface area contributed by atoms with Gasteiger partial charge in [0.2, 0.25) is 0 Å². The van der Waals surface area contributed by atoms with Crippen LogP contribution >= 0.6 is 31.9 Å². The number of ether oxygens (including phenoxy) is 1. The van der Waals surface area contributed by atoms with Gasteiger partial charge in [0.1, 0.15) is 5.75 Å². The molecule has 0 amide bonds. The van der Waals surface area contributed by atoms with E-state index in [4.69, 9.17) is 4.74 Å². The van der Waals surface area contributed by atoms with Gasteiger partial charge in [-0.25, -0.2) is 4.79 Å². The topological polar surface area (TPSA) is 26.3 Å².